The Labute approximate surface area is 191 Å². The average Bonchev–Trinajstić information content (AvgIpc) is 2.84. The standard InChI is InChI=1S/C25H23F2N5O/c1-16(2)25(33)32-13-11-31(12-14-32)24-21(15-28)29-22(17-3-7-19(26)8-4-17)23(30-24)18-5-9-20(27)10-6-18/h3-10,16H,11-14H2,1-2H3. The van der Waals surface area contributed by atoms with E-state index in [0.29, 0.717) is 54.5 Å². The van der Waals surface area contributed by atoms with E-state index in [1.165, 1.54) is 24.3 Å². The summed E-state index contributed by atoms with van der Waals surface area (Å²) in [7, 11) is 0. The lowest BCUT2D eigenvalue weighted by Gasteiger charge is -2.36. The first-order valence-electron chi connectivity index (χ1n) is 10.7. The van der Waals surface area contributed by atoms with E-state index in [9.17, 15) is 18.8 Å². The van der Waals surface area contributed by atoms with Gasteiger partial charge in [-0.3, -0.25) is 4.79 Å². The number of carbonyl (C=O) groups is 1. The smallest absolute Gasteiger partial charge is 0.225 e. The second-order valence-electron chi connectivity index (χ2n) is 8.19. The van der Waals surface area contributed by atoms with Crippen molar-refractivity contribution >= 4 is 11.7 Å². The molecule has 1 aliphatic heterocycles. The predicted molar refractivity (Wildman–Crippen MR) is 121 cm³/mol. The monoisotopic (exact) mass is 447 g/mol. The predicted octanol–water partition coefficient (Wildman–Crippen LogP) is 4.27. The highest BCUT2D eigenvalue weighted by Crippen LogP contribution is 2.33. The number of aromatic nitrogens is 2. The zero-order valence-corrected chi connectivity index (χ0v) is 18.4. The van der Waals surface area contributed by atoms with Crippen LogP contribution in [-0.4, -0.2) is 47.0 Å². The van der Waals surface area contributed by atoms with E-state index in [1.54, 1.807) is 24.3 Å². The van der Waals surface area contributed by atoms with Crippen molar-refractivity contribution in [2.75, 3.05) is 31.1 Å². The number of benzene rings is 2. The normalized spacial score (nSPS) is 13.8. The Morgan fingerprint density at radius 3 is 1.82 bits per heavy atom. The van der Waals surface area contributed by atoms with Gasteiger partial charge in [0.1, 0.15) is 17.7 Å². The minimum atomic E-state index is -0.388. The molecule has 0 radical (unpaired) electrons. The van der Waals surface area contributed by atoms with Crippen LogP contribution in [0.5, 0.6) is 0 Å². The van der Waals surface area contributed by atoms with Crippen molar-refractivity contribution in [3.05, 3.63) is 65.9 Å². The van der Waals surface area contributed by atoms with Crippen LogP contribution in [-0.2, 0) is 4.79 Å². The molecule has 1 saturated heterocycles. The van der Waals surface area contributed by atoms with E-state index in [1.807, 2.05) is 23.6 Å². The molecule has 33 heavy (non-hydrogen) atoms. The third kappa shape index (κ3) is 4.67. The molecule has 0 spiro atoms. The quantitative estimate of drug-likeness (QED) is 0.597. The fraction of sp³-hybridized carbons (Fsp3) is 0.280. The van der Waals surface area contributed by atoms with Gasteiger partial charge in [-0.1, -0.05) is 13.8 Å². The SMILES string of the molecule is CC(C)C(=O)N1CCN(c2nc(-c3ccc(F)cc3)c(-c3ccc(F)cc3)nc2C#N)CC1. The van der Waals surface area contributed by atoms with Crippen LogP contribution in [0.2, 0.25) is 0 Å². The molecule has 0 saturated carbocycles. The molecule has 2 heterocycles. The second-order valence-corrected chi connectivity index (χ2v) is 8.19. The Bertz CT molecular complexity index is 1200. The molecule has 1 aliphatic rings. The summed E-state index contributed by atoms with van der Waals surface area (Å²) in [6.45, 7) is 5.82. The van der Waals surface area contributed by atoms with Crippen LogP contribution in [0.3, 0.4) is 0 Å². The number of nitrogens with zero attached hydrogens (tertiary/aromatic N) is 5. The first-order valence-corrected chi connectivity index (χ1v) is 10.7. The lowest BCUT2D eigenvalue weighted by molar-refractivity contribution is -0.134. The fourth-order valence-electron chi connectivity index (χ4n) is 3.84. The van der Waals surface area contributed by atoms with E-state index in [4.69, 9.17) is 4.98 Å². The molecule has 0 bridgehead atoms. The van der Waals surface area contributed by atoms with Gasteiger partial charge in [0.05, 0.1) is 11.4 Å². The molecule has 1 amide bonds. The first-order chi connectivity index (χ1) is 15.9. The highest BCUT2D eigenvalue weighted by molar-refractivity contribution is 5.80. The summed E-state index contributed by atoms with van der Waals surface area (Å²) in [6.07, 6.45) is 0. The highest BCUT2D eigenvalue weighted by Gasteiger charge is 2.27. The Morgan fingerprint density at radius 1 is 0.879 bits per heavy atom. The summed E-state index contributed by atoms with van der Waals surface area (Å²) in [6, 6.07) is 13.8. The molecule has 8 heteroatoms. The van der Waals surface area contributed by atoms with Crippen LogP contribution >= 0.6 is 0 Å². The van der Waals surface area contributed by atoms with Gasteiger partial charge in [0.2, 0.25) is 5.91 Å². The minimum absolute atomic E-state index is 0.0777. The lowest BCUT2D eigenvalue weighted by atomic mass is 10.0. The summed E-state index contributed by atoms with van der Waals surface area (Å²) in [5.41, 5.74) is 2.25. The molecule has 0 atom stereocenters. The van der Waals surface area contributed by atoms with E-state index < -0.39 is 0 Å². The third-order valence-electron chi connectivity index (χ3n) is 5.60. The van der Waals surface area contributed by atoms with Gasteiger partial charge < -0.3 is 9.80 Å². The number of carbonyl (C=O) groups excluding carboxylic acids is 1. The molecule has 168 valence electrons. The van der Waals surface area contributed by atoms with E-state index >= 15 is 0 Å². The zero-order chi connectivity index (χ0) is 23.5. The summed E-state index contributed by atoms with van der Waals surface area (Å²) < 4.78 is 27.1. The first kappa shape index (κ1) is 22.3. The third-order valence-corrected chi connectivity index (χ3v) is 5.60. The zero-order valence-electron chi connectivity index (χ0n) is 18.4. The molecule has 0 unspecified atom stereocenters. The summed E-state index contributed by atoms with van der Waals surface area (Å²) in [5.74, 6) is -0.332. The van der Waals surface area contributed by atoms with Gasteiger partial charge in [-0.25, -0.2) is 18.7 Å². The number of nitriles is 1. The van der Waals surface area contributed by atoms with Crippen molar-refractivity contribution in [3.63, 3.8) is 0 Å². The van der Waals surface area contributed by atoms with Crippen molar-refractivity contribution in [1.82, 2.24) is 14.9 Å². The number of halogens is 2. The number of hydrogen-bond donors (Lipinski definition) is 0. The largest absolute Gasteiger partial charge is 0.351 e. The molecule has 4 rings (SSSR count). The van der Waals surface area contributed by atoms with Crippen LogP contribution in [0.25, 0.3) is 22.5 Å². The van der Waals surface area contributed by atoms with Crippen LogP contribution < -0.4 is 4.90 Å². The summed E-state index contributed by atoms with van der Waals surface area (Å²) in [4.78, 5) is 25.5. The van der Waals surface area contributed by atoms with E-state index in [2.05, 4.69) is 11.1 Å². The van der Waals surface area contributed by atoms with Crippen LogP contribution in [0.1, 0.15) is 19.5 Å². The molecular weight excluding hydrogens is 424 g/mol. The topological polar surface area (TPSA) is 73.1 Å². The van der Waals surface area contributed by atoms with Crippen molar-refractivity contribution in [3.8, 4) is 28.6 Å². The van der Waals surface area contributed by atoms with Gasteiger partial charge in [-0.15, -0.1) is 0 Å². The fourth-order valence-corrected chi connectivity index (χ4v) is 3.84. The van der Waals surface area contributed by atoms with Gasteiger partial charge in [-0.2, -0.15) is 5.26 Å². The lowest BCUT2D eigenvalue weighted by Crippen LogP contribution is -2.50. The Morgan fingerprint density at radius 2 is 1.36 bits per heavy atom. The molecule has 3 aromatic rings. The van der Waals surface area contributed by atoms with E-state index in [0.717, 1.165) is 0 Å². The number of hydrogen-bond acceptors (Lipinski definition) is 5. The molecule has 0 aliphatic carbocycles. The van der Waals surface area contributed by atoms with Crippen molar-refractivity contribution in [2.24, 2.45) is 5.92 Å². The average molecular weight is 447 g/mol. The number of rotatable bonds is 4. The van der Waals surface area contributed by atoms with Crippen LogP contribution in [0.15, 0.2) is 48.5 Å². The Hall–Kier alpha value is -3.86. The number of piperazine rings is 1. The maximum atomic E-state index is 13.6. The molecule has 1 aromatic heterocycles. The molecule has 0 N–H and O–H groups in total. The van der Waals surface area contributed by atoms with Gasteiger partial charge >= 0.3 is 0 Å². The molecule has 1 fully saturated rings. The van der Waals surface area contributed by atoms with Gasteiger partial charge in [-0.05, 0) is 48.5 Å². The van der Waals surface area contributed by atoms with E-state index in [-0.39, 0.29) is 29.2 Å². The number of amides is 1. The Kier molecular flexibility index (Phi) is 6.31. The maximum Gasteiger partial charge on any atom is 0.225 e. The minimum Gasteiger partial charge on any atom is -0.351 e. The molecule has 2 aromatic carbocycles. The summed E-state index contributed by atoms with van der Waals surface area (Å²) >= 11 is 0. The highest BCUT2D eigenvalue weighted by atomic mass is 19.1. The van der Waals surface area contributed by atoms with Gasteiger partial charge in [0, 0.05) is 43.2 Å². The maximum absolute atomic E-state index is 13.6. The van der Waals surface area contributed by atoms with Gasteiger partial charge in [0.15, 0.2) is 11.5 Å². The number of anilines is 1. The second kappa shape index (κ2) is 9.33. The van der Waals surface area contributed by atoms with Crippen LogP contribution in [0.4, 0.5) is 14.6 Å². The van der Waals surface area contributed by atoms with Crippen molar-refractivity contribution in [1.29, 1.82) is 5.26 Å². The summed E-state index contributed by atoms with van der Waals surface area (Å²) in [5, 5.41) is 9.82. The molecular formula is C25H23F2N5O. The van der Waals surface area contributed by atoms with Crippen LogP contribution in [0, 0.1) is 28.9 Å². The Balaban J connectivity index is 1.77. The van der Waals surface area contributed by atoms with Crippen molar-refractivity contribution < 1.29 is 13.6 Å². The molecule has 6 nitrogen and oxygen atoms in total. The van der Waals surface area contributed by atoms with Crippen molar-refractivity contribution in [2.45, 2.75) is 13.8 Å². The van der Waals surface area contributed by atoms with Gasteiger partial charge in [0.25, 0.3) is 0 Å².